The van der Waals surface area contributed by atoms with Gasteiger partial charge in [-0.05, 0) is 54.8 Å². The minimum absolute atomic E-state index is 0.0648. The standard InChI is InChI=1S/C25H27NO6/c1-29-20-6-3-17(15-22(20)30-2)4-8-24(27)26-11-9-18(10-12-26)25(28)19-5-7-21-23(16-19)32-14-13-31-21/h3-8,15-16,18H,9-14H2,1-2H3. The maximum Gasteiger partial charge on any atom is 0.246 e. The molecule has 1 saturated heterocycles. The van der Waals surface area contributed by atoms with Crippen molar-refractivity contribution in [1.29, 1.82) is 0 Å². The molecule has 1 fully saturated rings. The first kappa shape index (κ1) is 21.7. The second-order valence-corrected chi connectivity index (χ2v) is 7.77. The van der Waals surface area contributed by atoms with Gasteiger partial charge in [-0.15, -0.1) is 0 Å². The van der Waals surface area contributed by atoms with Gasteiger partial charge in [-0.2, -0.15) is 0 Å². The van der Waals surface area contributed by atoms with Crippen LogP contribution in [0.5, 0.6) is 23.0 Å². The summed E-state index contributed by atoms with van der Waals surface area (Å²) in [7, 11) is 3.16. The molecule has 2 heterocycles. The maximum atomic E-state index is 12.9. The number of likely N-dealkylation sites (tertiary alicyclic amines) is 1. The highest BCUT2D eigenvalue weighted by atomic mass is 16.6. The van der Waals surface area contributed by atoms with E-state index < -0.39 is 0 Å². The predicted molar refractivity (Wildman–Crippen MR) is 120 cm³/mol. The van der Waals surface area contributed by atoms with E-state index in [2.05, 4.69) is 0 Å². The van der Waals surface area contributed by atoms with E-state index in [4.69, 9.17) is 18.9 Å². The summed E-state index contributed by atoms with van der Waals surface area (Å²) in [5, 5.41) is 0. The third kappa shape index (κ3) is 4.72. The highest BCUT2D eigenvalue weighted by Crippen LogP contribution is 2.33. The van der Waals surface area contributed by atoms with Crippen LogP contribution in [-0.4, -0.2) is 57.1 Å². The molecule has 0 aliphatic carbocycles. The van der Waals surface area contributed by atoms with Gasteiger partial charge in [-0.3, -0.25) is 9.59 Å². The van der Waals surface area contributed by atoms with Crippen molar-refractivity contribution in [3.8, 4) is 23.0 Å². The molecule has 4 rings (SSSR count). The Kier molecular flexibility index (Phi) is 6.63. The fourth-order valence-electron chi connectivity index (χ4n) is 4.02. The third-order valence-electron chi connectivity index (χ3n) is 5.83. The molecule has 2 aromatic carbocycles. The smallest absolute Gasteiger partial charge is 0.246 e. The van der Waals surface area contributed by atoms with Crippen LogP contribution in [0.2, 0.25) is 0 Å². The third-order valence-corrected chi connectivity index (χ3v) is 5.83. The first-order chi connectivity index (χ1) is 15.6. The Morgan fingerprint density at radius 1 is 0.938 bits per heavy atom. The summed E-state index contributed by atoms with van der Waals surface area (Å²) < 4.78 is 21.6. The molecule has 2 aromatic rings. The van der Waals surface area contributed by atoms with Crippen LogP contribution in [0, 0.1) is 5.92 Å². The van der Waals surface area contributed by atoms with E-state index in [1.54, 1.807) is 55.5 Å². The quantitative estimate of drug-likeness (QED) is 0.508. The van der Waals surface area contributed by atoms with Gasteiger partial charge >= 0.3 is 0 Å². The summed E-state index contributed by atoms with van der Waals surface area (Å²) in [6.45, 7) is 2.11. The number of benzene rings is 2. The molecular formula is C25H27NO6. The van der Waals surface area contributed by atoms with Crippen LogP contribution >= 0.6 is 0 Å². The fourth-order valence-corrected chi connectivity index (χ4v) is 4.02. The zero-order valence-electron chi connectivity index (χ0n) is 18.3. The van der Waals surface area contributed by atoms with Crippen molar-refractivity contribution in [2.45, 2.75) is 12.8 Å². The van der Waals surface area contributed by atoms with Crippen molar-refractivity contribution in [2.75, 3.05) is 40.5 Å². The largest absolute Gasteiger partial charge is 0.493 e. The Morgan fingerprint density at radius 3 is 2.38 bits per heavy atom. The van der Waals surface area contributed by atoms with E-state index in [1.165, 1.54) is 0 Å². The Morgan fingerprint density at radius 2 is 1.66 bits per heavy atom. The number of carbonyl (C=O) groups is 2. The molecule has 2 aliphatic heterocycles. The average Bonchev–Trinajstić information content (AvgIpc) is 2.86. The van der Waals surface area contributed by atoms with Gasteiger partial charge in [0.05, 0.1) is 14.2 Å². The zero-order chi connectivity index (χ0) is 22.5. The van der Waals surface area contributed by atoms with Crippen molar-refractivity contribution in [3.63, 3.8) is 0 Å². The average molecular weight is 437 g/mol. The van der Waals surface area contributed by atoms with Gasteiger partial charge in [-0.1, -0.05) is 6.07 Å². The normalized spacial score (nSPS) is 16.1. The van der Waals surface area contributed by atoms with Gasteiger partial charge < -0.3 is 23.8 Å². The van der Waals surface area contributed by atoms with Crippen LogP contribution in [-0.2, 0) is 4.79 Å². The Bertz CT molecular complexity index is 1020. The van der Waals surface area contributed by atoms with Crippen LogP contribution in [0.15, 0.2) is 42.5 Å². The molecule has 0 unspecified atom stereocenters. The van der Waals surface area contributed by atoms with E-state index in [0.717, 1.165) is 5.56 Å². The second-order valence-electron chi connectivity index (χ2n) is 7.77. The van der Waals surface area contributed by atoms with Crippen molar-refractivity contribution in [2.24, 2.45) is 5.92 Å². The lowest BCUT2D eigenvalue weighted by Gasteiger charge is -2.30. The lowest BCUT2D eigenvalue weighted by atomic mass is 9.88. The van der Waals surface area contributed by atoms with E-state index >= 15 is 0 Å². The van der Waals surface area contributed by atoms with Gasteiger partial charge in [0, 0.05) is 30.6 Å². The molecule has 1 amide bonds. The van der Waals surface area contributed by atoms with Crippen LogP contribution in [0.1, 0.15) is 28.8 Å². The lowest BCUT2D eigenvalue weighted by molar-refractivity contribution is -0.127. The molecule has 32 heavy (non-hydrogen) atoms. The van der Waals surface area contributed by atoms with Gasteiger partial charge in [0.25, 0.3) is 0 Å². The van der Waals surface area contributed by atoms with E-state index in [1.807, 2.05) is 12.1 Å². The van der Waals surface area contributed by atoms with Crippen molar-refractivity contribution in [3.05, 3.63) is 53.6 Å². The molecule has 0 bridgehead atoms. The molecule has 0 spiro atoms. The van der Waals surface area contributed by atoms with Gasteiger partial charge in [-0.25, -0.2) is 0 Å². The minimum atomic E-state index is -0.101. The van der Waals surface area contributed by atoms with Gasteiger partial charge in [0.2, 0.25) is 5.91 Å². The van der Waals surface area contributed by atoms with E-state index in [9.17, 15) is 9.59 Å². The zero-order valence-corrected chi connectivity index (χ0v) is 18.3. The number of carbonyl (C=O) groups excluding carboxylic acids is 2. The topological polar surface area (TPSA) is 74.3 Å². The van der Waals surface area contributed by atoms with Crippen LogP contribution in [0.3, 0.4) is 0 Å². The minimum Gasteiger partial charge on any atom is -0.493 e. The highest BCUT2D eigenvalue weighted by molar-refractivity contribution is 5.99. The summed E-state index contributed by atoms with van der Waals surface area (Å²) in [5.41, 5.74) is 1.48. The lowest BCUT2D eigenvalue weighted by Crippen LogP contribution is -2.39. The second kappa shape index (κ2) is 9.77. The van der Waals surface area contributed by atoms with Crippen LogP contribution < -0.4 is 18.9 Å². The number of amides is 1. The summed E-state index contributed by atoms with van der Waals surface area (Å²) in [4.78, 5) is 27.4. The number of methoxy groups -OCH3 is 2. The van der Waals surface area contributed by atoms with Crippen LogP contribution in [0.25, 0.3) is 6.08 Å². The van der Waals surface area contributed by atoms with Crippen LogP contribution in [0.4, 0.5) is 0 Å². The van der Waals surface area contributed by atoms with Crippen molar-refractivity contribution in [1.82, 2.24) is 4.90 Å². The molecule has 0 radical (unpaired) electrons. The Balaban J connectivity index is 1.33. The first-order valence-corrected chi connectivity index (χ1v) is 10.7. The van der Waals surface area contributed by atoms with Gasteiger partial charge in [0.1, 0.15) is 13.2 Å². The number of rotatable bonds is 6. The SMILES string of the molecule is COc1ccc(C=CC(=O)N2CCC(C(=O)c3ccc4c(c3)OCCO4)CC2)cc1OC. The van der Waals surface area contributed by atoms with E-state index in [-0.39, 0.29) is 17.6 Å². The molecule has 7 heteroatoms. The molecule has 2 aliphatic rings. The molecule has 0 saturated carbocycles. The molecule has 7 nitrogen and oxygen atoms in total. The molecule has 168 valence electrons. The molecule has 0 atom stereocenters. The number of hydrogen-bond donors (Lipinski definition) is 0. The number of nitrogens with zero attached hydrogens (tertiary/aromatic N) is 1. The molecule has 0 aromatic heterocycles. The number of hydrogen-bond acceptors (Lipinski definition) is 6. The number of piperidine rings is 1. The van der Waals surface area contributed by atoms with Crippen molar-refractivity contribution < 1.29 is 28.5 Å². The highest BCUT2D eigenvalue weighted by Gasteiger charge is 2.28. The Hall–Kier alpha value is -3.48. The predicted octanol–water partition coefficient (Wildman–Crippen LogP) is 3.61. The molecular weight excluding hydrogens is 410 g/mol. The fraction of sp³-hybridized carbons (Fsp3) is 0.360. The molecule has 0 N–H and O–H groups in total. The summed E-state index contributed by atoms with van der Waals surface area (Å²) in [6.07, 6.45) is 4.60. The van der Waals surface area contributed by atoms with E-state index in [0.29, 0.717) is 67.7 Å². The monoisotopic (exact) mass is 437 g/mol. The number of ether oxygens (including phenoxy) is 4. The number of fused-ring (bicyclic) bond motifs is 1. The van der Waals surface area contributed by atoms with Gasteiger partial charge in [0.15, 0.2) is 28.8 Å². The summed E-state index contributed by atoms with van der Waals surface area (Å²) in [5.74, 6) is 2.47. The van der Waals surface area contributed by atoms with Crippen molar-refractivity contribution >= 4 is 17.8 Å². The Labute approximate surface area is 187 Å². The number of Topliss-reactive ketones (excluding diaryl/α,β-unsaturated/α-hetero) is 1. The maximum absolute atomic E-state index is 12.9. The summed E-state index contributed by atoms with van der Waals surface area (Å²) >= 11 is 0. The summed E-state index contributed by atoms with van der Waals surface area (Å²) in [6, 6.07) is 10.8. The number of ketones is 1. The first-order valence-electron chi connectivity index (χ1n) is 10.7.